The summed E-state index contributed by atoms with van der Waals surface area (Å²) < 4.78 is 1.64. The lowest BCUT2D eigenvalue weighted by Crippen LogP contribution is -2.37. The van der Waals surface area contributed by atoms with Gasteiger partial charge in [0.1, 0.15) is 5.82 Å². The van der Waals surface area contributed by atoms with Crippen LogP contribution in [0, 0.1) is 6.92 Å². The van der Waals surface area contributed by atoms with Crippen molar-refractivity contribution in [3.05, 3.63) is 11.3 Å². The molecule has 0 atom stereocenters. The van der Waals surface area contributed by atoms with E-state index in [-0.39, 0.29) is 12.5 Å². The van der Waals surface area contributed by atoms with Crippen molar-refractivity contribution in [1.29, 1.82) is 0 Å². The van der Waals surface area contributed by atoms with Crippen molar-refractivity contribution in [2.45, 2.75) is 13.8 Å². The van der Waals surface area contributed by atoms with Crippen LogP contribution in [0.15, 0.2) is 0 Å². The number of nitrogens with zero attached hydrogens (tertiary/aromatic N) is 4. The van der Waals surface area contributed by atoms with Gasteiger partial charge in [-0.15, -0.1) is 0 Å². The normalized spacial score (nSPS) is 10.3. The third kappa shape index (κ3) is 2.69. The SMILES string of the molecule is CCN(CC(=O)N(C)C)c1c(C=O)c(C)nn1C. The summed E-state index contributed by atoms with van der Waals surface area (Å²) in [7, 11) is 5.20. The molecule has 18 heavy (non-hydrogen) atoms. The summed E-state index contributed by atoms with van der Waals surface area (Å²) >= 11 is 0. The number of hydrogen-bond acceptors (Lipinski definition) is 4. The second-order valence-corrected chi connectivity index (χ2v) is 4.37. The van der Waals surface area contributed by atoms with Crippen LogP contribution < -0.4 is 4.90 Å². The first kappa shape index (κ1) is 14.2. The molecule has 0 radical (unpaired) electrons. The Labute approximate surface area is 107 Å². The van der Waals surface area contributed by atoms with Crippen molar-refractivity contribution in [3.8, 4) is 0 Å². The monoisotopic (exact) mass is 252 g/mol. The average Bonchev–Trinajstić information content (AvgIpc) is 2.60. The fourth-order valence-corrected chi connectivity index (χ4v) is 1.82. The summed E-state index contributed by atoms with van der Waals surface area (Å²) in [5.41, 5.74) is 1.23. The summed E-state index contributed by atoms with van der Waals surface area (Å²) in [6.45, 7) is 4.61. The number of aromatic nitrogens is 2. The summed E-state index contributed by atoms with van der Waals surface area (Å²) in [5.74, 6) is 0.688. The Balaban J connectivity index is 3.09. The van der Waals surface area contributed by atoms with Gasteiger partial charge >= 0.3 is 0 Å². The Morgan fingerprint density at radius 1 is 1.44 bits per heavy atom. The fourth-order valence-electron chi connectivity index (χ4n) is 1.82. The Morgan fingerprint density at radius 2 is 2.06 bits per heavy atom. The molecule has 1 amide bonds. The Hall–Kier alpha value is -1.85. The highest BCUT2D eigenvalue weighted by Crippen LogP contribution is 2.21. The van der Waals surface area contributed by atoms with E-state index in [0.29, 0.717) is 23.6 Å². The van der Waals surface area contributed by atoms with Gasteiger partial charge in [-0.1, -0.05) is 0 Å². The van der Waals surface area contributed by atoms with Gasteiger partial charge in [0.05, 0.1) is 17.8 Å². The highest BCUT2D eigenvalue weighted by atomic mass is 16.2. The van der Waals surface area contributed by atoms with Crippen LogP contribution >= 0.6 is 0 Å². The number of anilines is 1. The predicted octanol–water partition coefficient (Wildman–Crippen LogP) is 0.456. The molecule has 0 N–H and O–H groups in total. The van der Waals surface area contributed by atoms with Crippen LogP contribution in [0.2, 0.25) is 0 Å². The molecule has 0 bridgehead atoms. The van der Waals surface area contributed by atoms with Crippen molar-refractivity contribution in [3.63, 3.8) is 0 Å². The molecule has 1 rings (SSSR count). The van der Waals surface area contributed by atoms with Gasteiger partial charge < -0.3 is 9.80 Å². The van der Waals surface area contributed by atoms with Gasteiger partial charge in [0.25, 0.3) is 0 Å². The molecule has 0 aromatic carbocycles. The minimum absolute atomic E-state index is 0.00690. The number of amides is 1. The van der Waals surface area contributed by atoms with E-state index >= 15 is 0 Å². The van der Waals surface area contributed by atoms with Crippen LogP contribution in [-0.2, 0) is 11.8 Å². The van der Waals surface area contributed by atoms with Gasteiger partial charge in [-0.3, -0.25) is 14.3 Å². The molecule has 1 aromatic heterocycles. The van der Waals surface area contributed by atoms with Crippen molar-refractivity contribution in [1.82, 2.24) is 14.7 Å². The molecule has 0 aliphatic carbocycles. The predicted molar refractivity (Wildman–Crippen MR) is 69.9 cm³/mol. The van der Waals surface area contributed by atoms with Crippen LogP contribution in [0.4, 0.5) is 5.82 Å². The van der Waals surface area contributed by atoms with Crippen molar-refractivity contribution in [2.75, 3.05) is 32.1 Å². The van der Waals surface area contributed by atoms with Gasteiger partial charge in [-0.2, -0.15) is 5.10 Å². The summed E-state index contributed by atoms with van der Waals surface area (Å²) in [5, 5.41) is 4.22. The molecule has 6 nitrogen and oxygen atoms in total. The van der Waals surface area contributed by atoms with Crippen molar-refractivity contribution >= 4 is 18.0 Å². The van der Waals surface area contributed by atoms with Gasteiger partial charge in [-0.25, -0.2) is 0 Å². The maximum atomic E-state index is 11.8. The van der Waals surface area contributed by atoms with Gasteiger partial charge in [0.15, 0.2) is 6.29 Å². The first-order valence-corrected chi connectivity index (χ1v) is 5.86. The second kappa shape index (κ2) is 5.66. The van der Waals surface area contributed by atoms with E-state index in [1.165, 1.54) is 4.90 Å². The van der Waals surface area contributed by atoms with E-state index in [1.54, 1.807) is 32.7 Å². The maximum absolute atomic E-state index is 11.8. The Bertz CT molecular complexity index is 451. The van der Waals surface area contributed by atoms with Crippen LogP contribution in [0.5, 0.6) is 0 Å². The minimum atomic E-state index is -0.00690. The molecular weight excluding hydrogens is 232 g/mol. The molecule has 6 heteroatoms. The largest absolute Gasteiger partial charge is 0.347 e. The lowest BCUT2D eigenvalue weighted by atomic mass is 10.2. The van der Waals surface area contributed by atoms with E-state index in [0.717, 1.165) is 6.29 Å². The number of carbonyl (C=O) groups excluding carboxylic acids is 2. The molecular formula is C12H20N4O2. The zero-order valence-corrected chi connectivity index (χ0v) is 11.6. The highest BCUT2D eigenvalue weighted by Gasteiger charge is 2.20. The van der Waals surface area contributed by atoms with Crippen LogP contribution in [-0.4, -0.2) is 54.1 Å². The lowest BCUT2D eigenvalue weighted by Gasteiger charge is -2.24. The third-order valence-electron chi connectivity index (χ3n) is 2.86. The molecule has 0 aliphatic rings. The number of carbonyl (C=O) groups is 2. The minimum Gasteiger partial charge on any atom is -0.347 e. The number of hydrogen-bond donors (Lipinski definition) is 0. The van der Waals surface area contributed by atoms with Crippen molar-refractivity contribution in [2.24, 2.45) is 7.05 Å². The van der Waals surface area contributed by atoms with E-state index in [1.807, 2.05) is 11.8 Å². The van der Waals surface area contributed by atoms with E-state index in [4.69, 9.17) is 0 Å². The first-order chi connectivity index (χ1) is 8.42. The second-order valence-electron chi connectivity index (χ2n) is 4.37. The van der Waals surface area contributed by atoms with E-state index < -0.39 is 0 Å². The van der Waals surface area contributed by atoms with E-state index in [9.17, 15) is 9.59 Å². The number of aldehydes is 1. The maximum Gasteiger partial charge on any atom is 0.241 e. The summed E-state index contributed by atoms with van der Waals surface area (Å²) in [6, 6.07) is 0. The number of aryl methyl sites for hydroxylation is 2. The summed E-state index contributed by atoms with van der Waals surface area (Å²) in [4.78, 5) is 26.3. The van der Waals surface area contributed by atoms with Crippen LogP contribution in [0.3, 0.4) is 0 Å². The molecule has 0 aliphatic heterocycles. The molecule has 0 saturated carbocycles. The molecule has 100 valence electrons. The Morgan fingerprint density at radius 3 is 2.50 bits per heavy atom. The highest BCUT2D eigenvalue weighted by molar-refractivity contribution is 5.87. The molecule has 0 saturated heterocycles. The van der Waals surface area contributed by atoms with Crippen LogP contribution in [0.1, 0.15) is 23.0 Å². The van der Waals surface area contributed by atoms with Gasteiger partial charge in [0, 0.05) is 27.7 Å². The molecule has 1 heterocycles. The Kier molecular flexibility index (Phi) is 4.47. The lowest BCUT2D eigenvalue weighted by molar-refractivity contribution is -0.127. The quantitative estimate of drug-likeness (QED) is 0.714. The standard InChI is InChI=1S/C12H20N4O2/c1-6-16(7-11(18)14(3)4)12-10(8-17)9(2)13-15(12)5/h8H,6-7H2,1-5H3. The number of rotatable bonds is 5. The fraction of sp³-hybridized carbons (Fsp3) is 0.583. The molecule has 1 aromatic rings. The topological polar surface area (TPSA) is 58.4 Å². The zero-order chi connectivity index (χ0) is 13.9. The van der Waals surface area contributed by atoms with E-state index in [2.05, 4.69) is 5.10 Å². The van der Waals surface area contributed by atoms with Crippen LogP contribution in [0.25, 0.3) is 0 Å². The molecule has 0 fully saturated rings. The third-order valence-corrected chi connectivity index (χ3v) is 2.86. The van der Waals surface area contributed by atoms with Gasteiger partial charge in [0.2, 0.25) is 5.91 Å². The zero-order valence-electron chi connectivity index (χ0n) is 11.6. The van der Waals surface area contributed by atoms with Crippen molar-refractivity contribution < 1.29 is 9.59 Å². The molecule has 0 unspecified atom stereocenters. The number of likely N-dealkylation sites (N-methyl/N-ethyl adjacent to an activating group) is 2. The smallest absolute Gasteiger partial charge is 0.241 e. The van der Waals surface area contributed by atoms with Gasteiger partial charge in [-0.05, 0) is 13.8 Å². The molecule has 0 spiro atoms. The first-order valence-electron chi connectivity index (χ1n) is 5.86. The summed E-state index contributed by atoms with van der Waals surface area (Å²) in [6.07, 6.45) is 0.792. The average molecular weight is 252 g/mol.